The molecule has 3 aromatic rings. The van der Waals surface area contributed by atoms with Gasteiger partial charge >= 0.3 is 0 Å². The maximum atomic E-state index is 6.12. The van der Waals surface area contributed by atoms with Crippen LogP contribution in [0.4, 0.5) is 0 Å². The van der Waals surface area contributed by atoms with Gasteiger partial charge in [0.05, 0.1) is 16.9 Å². The second kappa shape index (κ2) is 5.90. The van der Waals surface area contributed by atoms with E-state index in [2.05, 4.69) is 71.9 Å². The molecule has 0 fully saturated rings. The third-order valence-electron chi connectivity index (χ3n) is 3.92. The summed E-state index contributed by atoms with van der Waals surface area (Å²) in [7, 11) is 0. The van der Waals surface area contributed by atoms with E-state index in [1.807, 2.05) is 0 Å². The molecule has 0 aliphatic heterocycles. The van der Waals surface area contributed by atoms with E-state index >= 15 is 0 Å². The van der Waals surface area contributed by atoms with E-state index in [4.69, 9.17) is 11.6 Å². The molecular formula is C18H19ClN2. The van der Waals surface area contributed by atoms with Crippen LogP contribution in [0.2, 0.25) is 0 Å². The van der Waals surface area contributed by atoms with Crippen LogP contribution < -0.4 is 0 Å². The SMILES string of the molecule is Cc1cccc2nc(CCl)n(C(C)Cc3ccccc3)c12. The lowest BCUT2D eigenvalue weighted by atomic mass is 10.1. The van der Waals surface area contributed by atoms with Crippen LogP contribution >= 0.6 is 11.6 Å². The van der Waals surface area contributed by atoms with Crippen LogP contribution in [0, 0.1) is 6.92 Å². The van der Waals surface area contributed by atoms with Crippen molar-refractivity contribution >= 4 is 22.6 Å². The minimum atomic E-state index is 0.326. The zero-order valence-electron chi connectivity index (χ0n) is 12.4. The fraction of sp³-hybridized carbons (Fsp3) is 0.278. The summed E-state index contributed by atoms with van der Waals surface area (Å²) >= 11 is 6.12. The Morgan fingerprint density at radius 2 is 1.86 bits per heavy atom. The second-order valence-corrected chi connectivity index (χ2v) is 5.78. The number of fused-ring (bicyclic) bond motifs is 1. The monoisotopic (exact) mass is 298 g/mol. The Hall–Kier alpha value is -1.80. The fourth-order valence-corrected chi connectivity index (χ4v) is 3.17. The van der Waals surface area contributed by atoms with Gasteiger partial charge in [0.25, 0.3) is 0 Å². The van der Waals surface area contributed by atoms with Gasteiger partial charge in [-0.25, -0.2) is 4.98 Å². The van der Waals surface area contributed by atoms with Crippen LogP contribution in [0.1, 0.15) is 29.9 Å². The molecule has 1 unspecified atom stereocenters. The van der Waals surface area contributed by atoms with Gasteiger partial charge in [-0.3, -0.25) is 0 Å². The number of hydrogen-bond donors (Lipinski definition) is 0. The van der Waals surface area contributed by atoms with E-state index < -0.39 is 0 Å². The van der Waals surface area contributed by atoms with Crippen LogP contribution in [0.15, 0.2) is 48.5 Å². The molecule has 2 nitrogen and oxygen atoms in total. The highest BCUT2D eigenvalue weighted by Crippen LogP contribution is 2.27. The Kier molecular flexibility index (Phi) is 3.98. The first-order valence-corrected chi connectivity index (χ1v) is 7.80. The molecule has 108 valence electrons. The third-order valence-corrected chi connectivity index (χ3v) is 4.16. The Morgan fingerprint density at radius 1 is 1.10 bits per heavy atom. The van der Waals surface area contributed by atoms with Crippen molar-refractivity contribution in [2.75, 3.05) is 0 Å². The van der Waals surface area contributed by atoms with E-state index in [1.54, 1.807) is 0 Å². The molecule has 21 heavy (non-hydrogen) atoms. The van der Waals surface area contributed by atoms with Crippen molar-refractivity contribution in [1.29, 1.82) is 0 Å². The van der Waals surface area contributed by atoms with Gasteiger partial charge in [0.2, 0.25) is 0 Å². The highest BCUT2D eigenvalue weighted by molar-refractivity contribution is 6.16. The van der Waals surface area contributed by atoms with E-state index in [0.29, 0.717) is 11.9 Å². The minimum Gasteiger partial charge on any atom is -0.324 e. The Balaban J connectivity index is 2.06. The van der Waals surface area contributed by atoms with Crippen LogP contribution in [0.5, 0.6) is 0 Å². The van der Waals surface area contributed by atoms with Gasteiger partial charge < -0.3 is 4.57 Å². The number of aryl methyl sites for hydroxylation is 1. The number of rotatable bonds is 4. The number of halogens is 1. The molecule has 1 aromatic heterocycles. The Labute approximate surface area is 130 Å². The van der Waals surface area contributed by atoms with Crippen molar-refractivity contribution in [2.24, 2.45) is 0 Å². The largest absolute Gasteiger partial charge is 0.324 e. The summed E-state index contributed by atoms with van der Waals surface area (Å²) in [5.74, 6) is 1.39. The first kappa shape index (κ1) is 14.2. The summed E-state index contributed by atoms with van der Waals surface area (Å²) in [6, 6.07) is 17.1. The molecule has 0 radical (unpaired) electrons. The molecule has 1 atom stereocenters. The summed E-state index contributed by atoms with van der Waals surface area (Å²) in [6.07, 6.45) is 0.977. The van der Waals surface area contributed by atoms with Crippen molar-refractivity contribution < 1.29 is 0 Å². The number of hydrogen-bond acceptors (Lipinski definition) is 1. The summed E-state index contributed by atoms with van der Waals surface area (Å²) < 4.78 is 2.30. The lowest BCUT2D eigenvalue weighted by molar-refractivity contribution is 0.543. The van der Waals surface area contributed by atoms with E-state index in [-0.39, 0.29) is 0 Å². The number of aromatic nitrogens is 2. The molecule has 2 aromatic carbocycles. The van der Waals surface area contributed by atoms with Gasteiger partial charge in [0.15, 0.2) is 0 Å². The smallest absolute Gasteiger partial charge is 0.125 e. The number of imidazole rings is 1. The number of nitrogens with zero attached hydrogens (tertiary/aromatic N) is 2. The quantitative estimate of drug-likeness (QED) is 0.627. The molecule has 3 heteroatoms. The van der Waals surface area contributed by atoms with Gasteiger partial charge in [-0.1, -0.05) is 42.5 Å². The van der Waals surface area contributed by atoms with Crippen molar-refractivity contribution in [3.63, 3.8) is 0 Å². The van der Waals surface area contributed by atoms with Crippen LogP contribution in [-0.4, -0.2) is 9.55 Å². The maximum absolute atomic E-state index is 6.12. The lowest BCUT2D eigenvalue weighted by Crippen LogP contribution is -2.11. The first-order valence-electron chi connectivity index (χ1n) is 7.27. The predicted molar refractivity (Wildman–Crippen MR) is 88.9 cm³/mol. The zero-order chi connectivity index (χ0) is 14.8. The van der Waals surface area contributed by atoms with Gasteiger partial charge in [0.1, 0.15) is 5.82 Å². The number of para-hydroxylation sites is 1. The molecular weight excluding hydrogens is 280 g/mol. The average Bonchev–Trinajstić information content (AvgIpc) is 2.88. The van der Waals surface area contributed by atoms with Crippen LogP contribution in [0.3, 0.4) is 0 Å². The van der Waals surface area contributed by atoms with Crippen molar-refractivity contribution in [2.45, 2.75) is 32.2 Å². The average molecular weight is 299 g/mol. The van der Waals surface area contributed by atoms with E-state index in [1.165, 1.54) is 16.6 Å². The summed E-state index contributed by atoms with van der Waals surface area (Å²) in [5.41, 5.74) is 4.82. The van der Waals surface area contributed by atoms with Crippen LogP contribution in [0.25, 0.3) is 11.0 Å². The topological polar surface area (TPSA) is 17.8 Å². The maximum Gasteiger partial charge on any atom is 0.125 e. The van der Waals surface area contributed by atoms with Crippen molar-refractivity contribution in [3.05, 3.63) is 65.5 Å². The van der Waals surface area contributed by atoms with Gasteiger partial charge in [0, 0.05) is 6.04 Å². The van der Waals surface area contributed by atoms with Crippen molar-refractivity contribution in [1.82, 2.24) is 9.55 Å². The Morgan fingerprint density at radius 3 is 2.57 bits per heavy atom. The zero-order valence-corrected chi connectivity index (χ0v) is 13.1. The summed E-state index contributed by atoms with van der Waals surface area (Å²) in [5, 5.41) is 0. The standard InChI is InChI=1S/C18H19ClN2/c1-13-7-6-10-16-18(13)21(17(12-19)20-16)14(2)11-15-8-4-3-5-9-15/h3-10,14H,11-12H2,1-2H3. The number of alkyl halides is 1. The first-order chi connectivity index (χ1) is 10.2. The number of benzene rings is 2. The van der Waals surface area contributed by atoms with Crippen LogP contribution in [-0.2, 0) is 12.3 Å². The molecule has 0 saturated carbocycles. The van der Waals surface area contributed by atoms with Crippen molar-refractivity contribution in [3.8, 4) is 0 Å². The minimum absolute atomic E-state index is 0.326. The molecule has 0 saturated heterocycles. The second-order valence-electron chi connectivity index (χ2n) is 5.51. The molecule has 0 N–H and O–H groups in total. The highest BCUT2D eigenvalue weighted by Gasteiger charge is 2.16. The molecule has 0 bridgehead atoms. The normalized spacial score (nSPS) is 12.7. The third kappa shape index (κ3) is 2.68. The molecule has 0 aliphatic rings. The highest BCUT2D eigenvalue weighted by atomic mass is 35.5. The molecule has 0 amide bonds. The summed E-state index contributed by atoms with van der Waals surface area (Å²) in [6.45, 7) is 4.37. The van der Waals surface area contributed by atoms with Gasteiger partial charge in [-0.2, -0.15) is 0 Å². The van der Waals surface area contributed by atoms with E-state index in [9.17, 15) is 0 Å². The molecule has 0 spiro atoms. The Bertz CT molecular complexity index is 747. The van der Waals surface area contributed by atoms with Gasteiger partial charge in [-0.15, -0.1) is 11.6 Å². The molecule has 1 heterocycles. The summed E-state index contributed by atoms with van der Waals surface area (Å²) in [4.78, 5) is 4.69. The lowest BCUT2D eigenvalue weighted by Gasteiger charge is -2.18. The molecule has 0 aliphatic carbocycles. The molecule has 3 rings (SSSR count). The fourth-order valence-electron chi connectivity index (χ4n) is 2.98. The van der Waals surface area contributed by atoms with E-state index in [0.717, 1.165) is 17.8 Å². The predicted octanol–water partition coefficient (Wildman–Crippen LogP) is 4.89. The van der Waals surface area contributed by atoms with Gasteiger partial charge in [-0.05, 0) is 37.5 Å².